The molecule has 0 aromatic heterocycles. The first-order valence-corrected chi connectivity index (χ1v) is 35.3. The van der Waals surface area contributed by atoms with Crippen LogP contribution in [0.15, 0.2) is 24.3 Å². The molecule has 6 heteroatoms. The van der Waals surface area contributed by atoms with Crippen LogP contribution in [0, 0.1) is 0 Å². The van der Waals surface area contributed by atoms with E-state index in [4.69, 9.17) is 14.2 Å². The average Bonchev–Trinajstić information content (AvgIpc) is 3.44. The molecule has 6 nitrogen and oxygen atoms in total. The summed E-state index contributed by atoms with van der Waals surface area (Å²) in [4.78, 5) is 38.4. The number of carbonyl (C=O) groups is 3. The van der Waals surface area contributed by atoms with Crippen LogP contribution in [0.2, 0.25) is 0 Å². The summed E-state index contributed by atoms with van der Waals surface area (Å²) < 4.78 is 17.0. The fraction of sp³-hybridized carbons (Fsp3) is 0.903. The number of unbranched alkanes of at least 4 members (excludes halogenated alkanes) is 51. The molecule has 0 aliphatic rings. The van der Waals surface area contributed by atoms with E-state index in [2.05, 4.69) is 45.1 Å². The minimum atomic E-state index is -0.770. The molecule has 0 aromatic carbocycles. The van der Waals surface area contributed by atoms with Gasteiger partial charge in [0.15, 0.2) is 6.10 Å². The summed E-state index contributed by atoms with van der Waals surface area (Å²) in [5.41, 5.74) is 0. The lowest BCUT2D eigenvalue weighted by molar-refractivity contribution is -0.167. The van der Waals surface area contributed by atoms with Crippen molar-refractivity contribution >= 4 is 17.9 Å². The first kappa shape index (κ1) is 75.9. The van der Waals surface area contributed by atoms with E-state index in [9.17, 15) is 14.4 Å². The second kappa shape index (κ2) is 67.4. The van der Waals surface area contributed by atoms with Gasteiger partial charge in [0.25, 0.3) is 0 Å². The summed E-state index contributed by atoms with van der Waals surface area (Å²) in [6.45, 7) is 6.71. The average molecular weight is 1100 g/mol. The van der Waals surface area contributed by atoms with E-state index in [-0.39, 0.29) is 31.1 Å². The van der Waals surface area contributed by atoms with Crippen LogP contribution in [0.5, 0.6) is 0 Å². The molecule has 0 fully saturated rings. The summed E-state index contributed by atoms with van der Waals surface area (Å²) in [5.74, 6) is -0.837. The lowest BCUT2D eigenvalue weighted by Crippen LogP contribution is -2.30. The van der Waals surface area contributed by atoms with Gasteiger partial charge in [-0.3, -0.25) is 14.4 Å². The molecule has 0 rings (SSSR count). The smallest absolute Gasteiger partial charge is 0.306 e. The second-order valence-electron chi connectivity index (χ2n) is 24.2. The molecular formula is C72H136O6. The monoisotopic (exact) mass is 1100 g/mol. The van der Waals surface area contributed by atoms with Crippen molar-refractivity contribution in [2.75, 3.05) is 13.2 Å². The molecule has 1 atom stereocenters. The zero-order valence-corrected chi connectivity index (χ0v) is 53.0. The highest BCUT2D eigenvalue weighted by Gasteiger charge is 2.19. The first-order valence-electron chi connectivity index (χ1n) is 35.3. The lowest BCUT2D eigenvalue weighted by Gasteiger charge is -2.18. The number of hydrogen-bond donors (Lipinski definition) is 0. The van der Waals surface area contributed by atoms with E-state index in [0.29, 0.717) is 19.3 Å². The maximum Gasteiger partial charge on any atom is 0.306 e. The van der Waals surface area contributed by atoms with Crippen molar-refractivity contribution in [3.8, 4) is 0 Å². The van der Waals surface area contributed by atoms with Gasteiger partial charge in [-0.05, 0) is 51.4 Å². The van der Waals surface area contributed by atoms with Crippen LogP contribution < -0.4 is 0 Å². The second-order valence-corrected chi connectivity index (χ2v) is 24.2. The molecule has 0 bridgehead atoms. The molecule has 0 saturated carbocycles. The van der Waals surface area contributed by atoms with Crippen LogP contribution in [-0.2, 0) is 28.6 Å². The number of allylic oxidation sites excluding steroid dienone is 4. The van der Waals surface area contributed by atoms with Crippen molar-refractivity contribution in [3.05, 3.63) is 24.3 Å². The summed E-state index contributed by atoms with van der Waals surface area (Å²) in [6.07, 6.45) is 82.0. The molecule has 0 aliphatic carbocycles. The van der Waals surface area contributed by atoms with Gasteiger partial charge >= 0.3 is 17.9 Å². The summed E-state index contributed by atoms with van der Waals surface area (Å²) >= 11 is 0. The fourth-order valence-corrected chi connectivity index (χ4v) is 10.9. The Labute approximate surface area is 487 Å². The van der Waals surface area contributed by atoms with Gasteiger partial charge in [0.05, 0.1) is 0 Å². The highest BCUT2D eigenvalue weighted by molar-refractivity contribution is 5.71. The van der Waals surface area contributed by atoms with Crippen LogP contribution in [0.1, 0.15) is 400 Å². The topological polar surface area (TPSA) is 78.9 Å². The van der Waals surface area contributed by atoms with E-state index in [1.54, 1.807) is 0 Å². The van der Waals surface area contributed by atoms with Gasteiger partial charge < -0.3 is 14.2 Å². The number of rotatable bonds is 66. The third kappa shape index (κ3) is 64.7. The Balaban J connectivity index is 4.26. The van der Waals surface area contributed by atoms with Crippen molar-refractivity contribution in [1.82, 2.24) is 0 Å². The Morgan fingerprint density at radius 3 is 0.705 bits per heavy atom. The number of carbonyl (C=O) groups excluding carboxylic acids is 3. The predicted molar refractivity (Wildman–Crippen MR) is 340 cm³/mol. The standard InChI is InChI=1S/C72H136O6/c1-4-7-10-13-16-19-22-25-28-30-32-34-35-36-38-39-41-44-47-50-53-56-59-62-65-71(74)77-68-69(67-76-70(73)64-61-58-55-52-49-46-43-27-24-21-18-15-12-9-6-3)78-72(75)66-63-60-57-54-51-48-45-42-40-37-33-31-29-26-23-20-17-14-11-8-5-2/h23,26,31,33,69H,4-22,24-25,27-30,32,34-68H2,1-3H3/b26-23-,33-31-. The summed E-state index contributed by atoms with van der Waals surface area (Å²) in [7, 11) is 0. The van der Waals surface area contributed by atoms with E-state index in [1.807, 2.05) is 0 Å². The molecule has 0 amide bonds. The molecule has 1 unspecified atom stereocenters. The molecule has 0 aromatic rings. The fourth-order valence-electron chi connectivity index (χ4n) is 10.9. The third-order valence-corrected chi connectivity index (χ3v) is 16.2. The van der Waals surface area contributed by atoms with Crippen LogP contribution in [0.4, 0.5) is 0 Å². The van der Waals surface area contributed by atoms with Gasteiger partial charge in [-0.15, -0.1) is 0 Å². The van der Waals surface area contributed by atoms with Crippen molar-refractivity contribution in [2.45, 2.75) is 406 Å². The maximum absolute atomic E-state index is 13.0. The van der Waals surface area contributed by atoms with Crippen LogP contribution in [0.25, 0.3) is 0 Å². The molecule has 460 valence electrons. The highest BCUT2D eigenvalue weighted by Crippen LogP contribution is 2.19. The minimum absolute atomic E-state index is 0.0663. The van der Waals surface area contributed by atoms with Gasteiger partial charge in [0.2, 0.25) is 0 Å². The zero-order valence-electron chi connectivity index (χ0n) is 53.0. The van der Waals surface area contributed by atoms with Crippen molar-refractivity contribution < 1.29 is 28.6 Å². The quantitative estimate of drug-likeness (QED) is 0.0261. The Hall–Kier alpha value is -2.11. The Morgan fingerprint density at radius 2 is 0.462 bits per heavy atom. The lowest BCUT2D eigenvalue weighted by atomic mass is 10.0. The van der Waals surface area contributed by atoms with Gasteiger partial charge in [0, 0.05) is 19.3 Å². The maximum atomic E-state index is 13.0. The van der Waals surface area contributed by atoms with Gasteiger partial charge in [-0.1, -0.05) is 353 Å². The van der Waals surface area contributed by atoms with E-state index in [0.717, 1.165) is 64.2 Å². The number of hydrogen-bond acceptors (Lipinski definition) is 6. The van der Waals surface area contributed by atoms with E-state index < -0.39 is 6.10 Å². The van der Waals surface area contributed by atoms with Gasteiger partial charge in [-0.25, -0.2) is 0 Å². The highest BCUT2D eigenvalue weighted by atomic mass is 16.6. The van der Waals surface area contributed by atoms with E-state index in [1.165, 1.54) is 295 Å². The van der Waals surface area contributed by atoms with Crippen LogP contribution >= 0.6 is 0 Å². The first-order chi connectivity index (χ1) is 38.5. The predicted octanol–water partition coefficient (Wildman–Crippen LogP) is 24.2. The SMILES string of the molecule is CCCCCCC/C=C\C/C=C\CCCCCCCCCCCC(=O)OC(COC(=O)CCCCCCCCCCCCCCCCC)COC(=O)CCCCCCCCCCCCCCCCCCCCCCCCCC. The Bertz CT molecular complexity index is 1260. The van der Waals surface area contributed by atoms with Crippen molar-refractivity contribution in [2.24, 2.45) is 0 Å². The van der Waals surface area contributed by atoms with Crippen molar-refractivity contribution in [3.63, 3.8) is 0 Å². The molecular weight excluding hydrogens is 961 g/mol. The van der Waals surface area contributed by atoms with Gasteiger partial charge in [0.1, 0.15) is 13.2 Å². The number of esters is 3. The summed E-state index contributed by atoms with van der Waals surface area (Å²) in [6, 6.07) is 0. The molecule has 0 radical (unpaired) electrons. The van der Waals surface area contributed by atoms with Crippen LogP contribution in [0.3, 0.4) is 0 Å². The molecule has 0 spiro atoms. The van der Waals surface area contributed by atoms with E-state index >= 15 is 0 Å². The summed E-state index contributed by atoms with van der Waals surface area (Å²) in [5, 5.41) is 0. The molecule has 78 heavy (non-hydrogen) atoms. The van der Waals surface area contributed by atoms with Crippen molar-refractivity contribution in [1.29, 1.82) is 0 Å². The van der Waals surface area contributed by atoms with Gasteiger partial charge in [-0.2, -0.15) is 0 Å². The normalized spacial score (nSPS) is 12.1. The Kier molecular flexibility index (Phi) is 65.6. The zero-order chi connectivity index (χ0) is 56.4. The molecule has 0 heterocycles. The third-order valence-electron chi connectivity index (χ3n) is 16.2. The number of ether oxygens (including phenoxy) is 3. The van der Waals surface area contributed by atoms with Crippen LogP contribution in [-0.4, -0.2) is 37.2 Å². The molecule has 0 aliphatic heterocycles. The minimum Gasteiger partial charge on any atom is -0.462 e. The largest absolute Gasteiger partial charge is 0.462 e. The molecule has 0 N–H and O–H groups in total. The Morgan fingerprint density at radius 1 is 0.256 bits per heavy atom. The molecule has 0 saturated heterocycles.